The fourth-order valence-electron chi connectivity index (χ4n) is 4.65. The molecule has 30 heavy (non-hydrogen) atoms. The maximum atomic E-state index is 13.5. The highest BCUT2D eigenvalue weighted by molar-refractivity contribution is 5.95. The number of aromatic hydroxyl groups is 1. The minimum atomic E-state index is -0.0693. The van der Waals surface area contributed by atoms with Crippen molar-refractivity contribution in [3.8, 4) is 11.5 Å². The third kappa shape index (κ3) is 4.41. The number of hydrogen-bond donors (Lipinski definition) is 2. The summed E-state index contributed by atoms with van der Waals surface area (Å²) in [6.45, 7) is 5.46. The number of fused-ring (bicyclic) bond motifs is 1. The van der Waals surface area contributed by atoms with Crippen molar-refractivity contribution in [3.63, 3.8) is 0 Å². The molecule has 2 fully saturated rings. The van der Waals surface area contributed by atoms with E-state index in [0.717, 1.165) is 13.1 Å². The summed E-state index contributed by atoms with van der Waals surface area (Å²) >= 11 is 0. The van der Waals surface area contributed by atoms with Gasteiger partial charge in [-0.05, 0) is 36.1 Å². The summed E-state index contributed by atoms with van der Waals surface area (Å²) in [5.74, 6) is 1.27. The molecule has 0 spiro atoms. The predicted octanol–water partition coefficient (Wildman–Crippen LogP) is 3.18. The molecule has 6 nitrogen and oxygen atoms in total. The van der Waals surface area contributed by atoms with Crippen LogP contribution in [0.3, 0.4) is 0 Å². The van der Waals surface area contributed by atoms with Crippen LogP contribution < -0.4 is 10.1 Å². The number of ether oxygens (including phenoxy) is 2. The van der Waals surface area contributed by atoms with Gasteiger partial charge in [-0.25, -0.2) is 0 Å². The number of nitrogens with one attached hydrogen (secondary N) is 1. The first-order valence-electron chi connectivity index (χ1n) is 10.1. The first kappa shape index (κ1) is 22.4. The van der Waals surface area contributed by atoms with Gasteiger partial charge in [0.05, 0.1) is 12.6 Å². The molecule has 2 aliphatic rings. The first-order valence-corrected chi connectivity index (χ1v) is 10.1. The van der Waals surface area contributed by atoms with Crippen LogP contribution >= 0.6 is 12.4 Å². The molecule has 0 aliphatic carbocycles. The molecular formula is C23H29ClN2O4. The molecule has 2 aromatic carbocycles. The highest BCUT2D eigenvalue weighted by Crippen LogP contribution is 2.44. The number of phenolic OH excluding ortho intramolecular Hbond substituents is 1. The van der Waals surface area contributed by atoms with Crippen molar-refractivity contribution in [2.24, 2.45) is 11.8 Å². The Kier molecular flexibility index (Phi) is 7.23. The molecule has 1 amide bonds. The van der Waals surface area contributed by atoms with E-state index in [1.165, 1.54) is 23.3 Å². The number of halogens is 1. The number of carbonyl (C=O) groups is 1. The Hall–Kier alpha value is -2.28. The standard InChI is InChI=1S/C23H28N2O4.ClH/c1-15-5-3-4-6-20(15)22-21-13-24-12-17(21)14-25(22)23(27)16-9-18(26)11-19(10-16)29-8-7-28-2;/h3-6,9-11,17,21-22,24,26H,7-8,12-14H2,1-2H3;1H/t17-,21-,22+;/m0./s1. The van der Waals surface area contributed by atoms with Crippen LogP contribution in [0.25, 0.3) is 0 Å². The van der Waals surface area contributed by atoms with E-state index in [9.17, 15) is 9.90 Å². The van der Waals surface area contributed by atoms with Gasteiger partial charge in [-0.15, -0.1) is 12.4 Å². The fraction of sp³-hybridized carbons (Fsp3) is 0.435. The predicted molar refractivity (Wildman–Crippen MR) is 118 cm³/mol. The third-order valence-corrected chi connectivity index (χ3v) is 6.03. The molecule has 4 rings (SSSR count). The maximum Gasteiger partial charge on any atom is 0.254 e. The molecule has 2 aliphatic heterocycles. The van der Waals surface area contributed by atoms with Gasteiger partial charge in [0.15, 0.2) is 0 Å². The lowest BCUT2D eigenvalue weighted by molar-refractivity contribution is 0.0712. The number of rotatable bonds is 6. The zero-order valence-electron chi connectivity index (χ0n) is 17.3. The van der Waals surface area contributed by atoms with Crippen LogP contribution in [-0.2, 0) is 4.74 Å². The van der Waals surface area contributed by atoms with Crippen LogP contribution in [0.4, 0.5) is 0 Å². The minimum absolute atomic E-state index is 0. The van der Waals surface area contributed by atoms with E-state index in [1.54, 1.807) is 13.2 Å². The summed E-state index contributed by atoms with van der Waals surface area (Å²) in [6.07, 6.45) is 0. The topological polar surface area (TPSA) is 71.0 Å². The van der Waals surface area contributed by atoms with E-state index in [-0.39, 0.29) is 30.1 Å². The van der Waals surface area contributed by atoms with Gasteiger partial charge in [0.1, 0.15) is 18.1 Å². The van der Waals surface area contributed by atoms with Crippen molar-refractivity contribution in [2.45, 2.75) is 13.0 Å². The summed E-state index contributed by atoms with van der Waals surface area (Å²) in [6, 6.07) is 13.1. The average molecular weight is 433 g/mol. The molecule has 0 aromatic heterocycles. The van der Waals surface area contributed by atoms with E-state index < -0.39 is 0 Å². The van der Waals surface area contributed by atoms with Gasteiger partial charge in [0.2, 0.25) is 0 Å². The van der Waals surface area contributed by atoms with Crippen LogP contribution in [0.15, 0.2) is 42.5 Å². The second-order valence-corrected chi connectivity index (χ2v) is 7.90. The SMILES string of the molecule is COCCOc1cc(O)cc(C(=O)N2C[C@@H]3CNC[C@@H]3[C@H]2c2ccccc2C)c1.Cl. The van der Waals surface area contributed by atoms with Gasteiger partial charge in [-0.3, -0.25) is 4.79 Å². The second kappa shape index (κ2) is 9.69. The van der Waals surface area contributed by atoms with Crippen LogP contribution in [0.5, 0.6) is 11.5 Å². The maximum absolute atomic E-state index is 13.5. The van der Waals surface area contributed by atoms with E-state index in [1.807, 2.05) is 17.0 Å². The molecule has 0 unspecified atom stereocenters. The molecule has 2 heterocycles. The van der Waals surface area contributed by atoms with Gasteiger partial charge in [-0.2, -0.15) is 0 Å². The van der Waals surface area contributed by atoms with Gasteiger partial charge in [0, 0.05) is 44.3 Å². The highest BCUT2D eigenvalue weighted by atomic mass is 35.5. The molecule has 2 aromatic rings. The largest absolute Gasteiger partial charge is 0.508 e. The Labute approximate surface area is 183 Å². The number of nitrogens with zero attached hydrogens (tertiary/aromatic N) is 1. The normalized spacial score (nSPS) is 22.5. The monoisotopic (exact) mass is 432 g/mol. The molecule has 2 saturated heterocycles. The molecule has 0 radical (unpaired) electrons. The lowest BCUT2D eigenvalue weighted by atomic mass is 9.87. The lowest BCUT2D eigenvalue weighted by Gasteiger charge is -2.30. The van der Waals surface area contributed by atoms with E-state index in [0.29, 0.717) is 42.9 Å². The Bertz CT molecular complexity index is 891. The van der Waals surface area contributed by atoms with E-state index >= 15 is 0 Å². The number of phenols is 1. The number of hydrogen-bond acceptors (Lipinski definition) is 5. The summed E-state index contributed by atoms with van der Waals surface area (Å²) in [7, 11) is 1.60. The number of methoxy groups -OCH3 is 1. The number of benzene rings is 2. The molecule has 7 heteroatoms. The molecular weight excluding hydrogens is 404 g/mol. The number of likely N-dealkylation sites (tertiary alicyclic amines) is 1. The van der Waals surface area contributed by atoms with E-state index in [2.05, 4.69) is 24.4 Å². The van der Waals surface area contributed by atoms with Gasteiger partial charge in [-0.1, -0.05) is 24.3 Å². The first-order chi connectivity index (χ1) is 14.1. The number of carbonyl (C=O) groups excluding carboxylic acids is 1. The second-order valence-electron chi connectivity index (χ2n) is 7.90. The molecule has 3 atom stereocenters. The Morgan fingerprint density at radius 2 is 2.00 bits per heavy atom. The molecule has 2 N–H and O–H groups in total. The van der Waals surface area contributed by atoms with Crippen molar-refractivity contribution in [2.75, 3.05) is 40.0 Å². The molecule has 0 saturated carbocycles. The third-order valence-electron chi connectivity index (χ3n) is 6.03. The van der Waals surface area contributed by atoms with Crippen molar-refractivity contribution in [3.05, 3.63) is 59.2 Å². The van der Waals surface area contributed by atoms with E-state index in [4.69, 9.17) is 9.47 Å². The van der Waals surface area contributed by atoms with Crippen molar-refractivity contribution in [1.29, 1.82) is 0 Å². The van der Waals surface area contributed by atoms with Gasteiger partial charge >= 0.3 is 0 Å². The van der Waals surface area contributed by atoms with Crippen LogP contribution in [0.1, 0.15) is 27.5 Å². The summed E-state index contributed by atoms with van der Waals surface area (Å²) < 4.78 is 10.6. The highest BCUT2D eigenvalue weighted by Gasteiger charge is 2.47. The smallest absolute Gasteiger partial charge is 0.254 e. The summed E-state index contributed by atoms with van der Waals surface area (Å²) in [5.41, 5.74) is 2.85. The zero-order chi connectivity index (χ0) is 20.4. The van der Waals surface area contributed by atoms with Crippen LogP contribution in [-0.4, -0.2) is 55.9 Å². The van der Waals surface area contributed by atoms with Crippen molar-refractivity contribution >= 4 is 18.3 Å². The van der Waals surface area contributed by atoms with Crippen molar-refractivity contribution in [1.82, 2.24) is 10.2 Å². The fourth-order valence-corrected chi connectivity index (χ4v) is 4.65. The Morgan fingerprint density at radius 1 is 1.20 bits per heavy atom. The Morgan fingerprint density at radius 3 is 2.77 bits per heavy atom. The minimum Gasteiger partial charge on any atom is -0.508 e. The molecule has 162 valence electrons. The summed E-state index contributed by atoms with van der Waals surface area (Å²) in [4.78, 5) is 15.5. The molecule has 0 bridgehead atoms. The van der Waals surface area contributed by atoms with Gasteiger partial charge < -0.3 is 24.8 Å². The lowest BCUT2D eigenvalue weighted by Crippen LogP contribution is -2.35. The quantitative estimate of drug-likeness (QED) is 0.686. The average Bonchev–Trinajstić information content (AvgIpc) is 3.29. The number of aryl methyl sites for hydroxylation is 1. The summed E-state index contributed by atoms with van der Waals surface area (Å²) in [5, 5.41) is 13.6. The zero-order valence-corrected chi connectivity index (χ0v) is 18.2. The van der Waals surface area contributed by atoms with Crippen molar-refractivity contribution < 1.29 is 19.4 Å². The number of amides is 1. The van der Waals surface area contributed by atoms with Crippen LogP contribution in [0, 0.1) is 18.8 Å². The Balaban J connectivity index is 0.00000256. The van der Waals surface area contributed by atoms with Gasteiger partial charge in [0.25, 0.3) is 5.91 Å². The van der Waals surface area contributed by atoms with Crippen LogP contribution in [0.2, 0.25) is 0 Å².